The summed E-state index contributed by atoms with van der Waals surface area (Å²) < 4.78 is 6.80. The van der Waals surface area contributed by atoms with Crippen LogP contribution in [0.4, 0.5) is 17.1 Å². The number of anilines is 3. The van der Waals surface area contributed by atoms with E-state index in [9.17, 15) is 0 Å². The first-order valence-electron chi connectivity index (χ1n) is 15.6. The zero-order valence-electron chi connectivity index (χ0n) is 25.3. The second-order valence-electron chi connectivity index (χ2n) is 12.5. The molecule has 1 heterocycles. The number of benzene rings is 7. The van der Waals surface area contributed by atoms with Gasteiger partial charge in [0.05, 0.1) is 11.4 Å². The zero-order chi connectivity index (χ0) is 30.1. The molecule has 214 valence electrons. The van der Waals surface area contributed by atoms with Crippen molar-refractivity contribution in [2.75, 3.05) is 4.90 Å². The van der Waals surface area contributed by atoms with E-state index >= 15 is 0 Å². The van der Waals surface area contributed by atoms with Gasteiger partial charge in [-0.1, -0.05) is 135 Å². The molecule has 0 atom stereocenters. The number of para-hydroxylation sites is 1. The molecule has 0 unspecified atom stereocenters. The molecule has 9 rings (SSSR count). The SMILES string of the molecule is CC1(C)c2ccccc2-c2cccc(N(c3ccc(-c4ccccc4)cc3)c3cc4ccccc4c4c3oc3ccccc34)c21. The summed E-state index contributed by atoms with van der Waals surface area (Å²) in [5, 5.41) is 4.68. The molecule has 0 N–H and O–H groups in total. The van der Waals surface area contributed by atoms with Gasteiger partial charge < -0.3 is 9.32 Å². The average Bonchev–Trinajstić information content (AvgIpc) is 3.59. The predicted molar refractivity (Wildman–Crippen MR) is 189 cm³/mol. The van der Waals surface area contributed by atoms with E-state index in [1.54, 1.807) is 0 Å². The van der Waals surface area contributed by atoms with Gasteiger partial charge in [-0.3, -0.25) is 0 Å². The van der Waals surface area contributed by atoms with Crippen LogP contribution in [0.3, 0.4) is 0 Å². The first-order chi connectivity index (χ1) is 22.1. The Labute approximate surface area is 262 Å². The molecule has 0 spiro atoms. The lowest BCUT2D eigenvalue weighted by Gasteiger charge is -2.32. The third-order valence-electron chi connectivity index (χ3n) is 9.62. The van der Waals surface area contributed by atoms with Crippen molar-refractivity contribution in [2.24, 2.45) is 0 Å². The van der Waals surface area contributed by atoms with E-state index < -0.39 is 0 Å². The lowest BCUT2D eigenvalue weighted by Crippen LogP contribution is -2.20. The zero-order valence-corrected chi connectivity index (χ0v) is 25.3. The molecular formula is C43H31NO. The van der Waals surface area contributed by atoms with Crippen LogP contribution in [-0.2, 0) is 5.41 Å². The molecule has 7 aromatic carbocycles. The Morgan fingerprint density at radius 3 is 2.04 bits per heavy atom. The predicted octanol–water partition coefficient (Wildman–Crippen LogP) is 12.2. The summed E-state index contributed by atoms with van der Waals surface area (Å²) in [6.07, 6.45) is 0. The lowest BCUT2D eigenvalue weighted by atomic mass is 9.81. The molecule has 45 heavy (non-hydrogen) atoms. The molecule has 1 aromatic heterocycles. The van der Waals surface area contributed by atoms with Gasteiger partial charge >= 0.3 is 0 Å². The topological polar surface area (TPSA) is 16.4 Å². The molecule has 0 amide bonds. The maximum atomic E-state index is 6.80. The average molecular weight is 578 g/mol. The first kappa shape index (κ1) is 25.9. The van der Waals surface area contributed by atoms with Gasteiger partial charge in [-0.2, -0.15) is 0 Å². The van der Waals surface area contributed by atoms with Gasteiger partial charge in [-0.15, -0.1) is 0 Å². The van der Waals surface area contributed by atoms with E-state index in [2.05, 4.69) is 170 Å². The highest BCUT2D eigenvalue weighted by Crippen LogP contribution is 2.55. The molecule has 0 saturated heterocycles. The summed E-state index contributed by atoms with van der Waals surface area (Å²) in [6, 6.07) is 54.5. The molecule has 0 radical (unpaired) electrons. The monoisotopic (exact) mass is 577 g/mol. The fourth-order valence-electron chi connectivity index (χ4n) is 7.57. The van der Waals surface area contributed by atoms with Crippen molar-refractivity contribution in [1.82, 2.24) is 0 Å². The van der Waals surface area contributed by atoms with Crippen molar-refractivity contribution in [3.63, 3.8) is 0 Å². The van der Waals surface area contributed by atoms with Crippen LogP contribution in [0.15, 0.2) is 156 Å². The minimum Gasteiger partial charge on any atom is -0.454 e. The number of nitrogens with zero attached hydrogens (tertiary/aromatic N) is 1. The standard InChI is InChI=1S/C43H31NO/c1-43(2)36-20-10-8-17-33(36)34-19-12-21-37(41(34)43)44(31-25-23-29(24-26-31)28-13-4-3-5-14-28)38-27-30-15-6-7-16-32(30)40-35-18-9-11-22-39(35)45-42(38)40/h3-27H,1-2H3. The van der Waals surface area contributed by atoms with Gasteiger partial charge in [0.2, 0.25) is 0 Å². The summed E-state index contributed by atoms with van der Waals surface area (Å²) in [5.74, 6) is 0. The normalized spacial score (nSPS) is 13.3. The van der Waals surface area contributed by atoms with Crippen LogP contribution in [-0.4, -0.2) is 0 Å². The van der Waals surface area contributed by atoms with E-state index in [1.165, 1.54) is 44.2 Å². The van der Waals surface area contributed by atoms with E-state index in [4.69, 9.17) is 4.42 Å². The van der Waals surface area contributed by atoms with Crippen LogP contribution in [0, 0.1) is 0 Å². The minimum absolute atomic E-state index is 0.186. The van der Waals surface area contributed by atoms with Crippen LogP contribution in [0.2, 0.25) is 0 Å². The largest absolute Gasteiger partial charge is 0.454 e. The van der Waals surface area contributed by atoms with E-state index in [1.807, 2.05) is 0 Å². The van der Waals surface area contributed by atoms with Crippen LogP contribution in [0.25, 0.3) is 55.0 Å². The Bertz CT molecular complexity index is 2400. The maximum absolute atomic E-state index is 6.80. The van der Waals surface area contributed by atoms with E-state index in [0.717, 1.165) is 39.0 Å². The quantitative estimate of drug-likeness (QED) is 0.207. The van der Waals surface area contributed by atoms with Gasteiger partial charge in [0.25, 0.3) is 0 Å². The second-order valence-corrected chi connectivity index (χ2v) is 12.5. The maximum Gasteiger partial charge on any atom is 0.160 e. The summed E-state index contributed by atoms with van der Waals surface area (Å²) in [5.41, 5.74) is 12.6. The first-order valence-corrected chi connectivity index (χ1v) is 15.6. The third-order valence-corrected chi connectivity index (χ3v) is 9.62. The van der Waals surface area contributed by atoms with Crippen LogP contribution < -0.4 is 4.90 Å². The molecule has 2 nitrogen and oxygen atoms in total. The Kier molecular flexibility index (Phi) is 5.58. The molecule has 8 aromatic rings. The molecule has 1 aliphatic carbocycles. The van der Waals surface area contributed by atoms with Gasteiger partial charge in [0, 0.05) is 21.9 Å². The lowest BCUT2D eigenvalue weighted by molar-refractivity contribution is 0.659. The smallest absolute Gasteiger partial charge is 0.160 e. The number of hydrogen-bond donors (Lipinski definition) is 0. The highest BCUT2D eigenvalue weighted by molar-refractivity contribution is 6.23. The van der Waals surface area contributed by atoms with Gasteiger partial charge in [0.15, 0.2) is 5.58 Å². The number of furan rings is 1. The Morgan fingerprint density at radius 1 is 0.533 bits per heavy atom. The van der Waals surface area contributed by atoms with Crippen molar-refractivity contribution < 1.29 is 4.42 Å². The molecule has 0 saturated carbocycles. The number of rotatable bonds is 4. The summed E-state index contributed by atoms with van der Waals surface area (Å²) in [6.45, 7) is 4.71. The molecule has 0 aliphatic heterocycles. The molecular weight excluding hydrogens is 546 g/mol. The highest BCUT2D eigenvalue weighted by Gasteiger charge is 2.39. The molecule has 0 fully saturated rings. The fraction of sp³-hybridized carbons (Fsp3) is 0.0698. The number of fused-ring (bicyclic) bond motifs is 8. The third kappa shape index (κ3) is 3.82. The van der Waals surface area contributed by atoms with E-state index in [0.29, 0.717) is 0 Å². The highest BCUT2D eigenvalue weighted by atomic mass is 16.3. The number of hydrogen-bond acceptors (Lipinski definition) is 2. The Balaban J connectivity index is 1.37. The Morgan fingerprint density at radius 2 is 1.20 bits per heavy atom. The second kappa shape index (κ2) is 9.70. The molecule has 1 aliphatic rings. The summed E-state index contributed by atoms with van der Waals surface area (Å²) in [4.78, 5) is 2.43. The molecule has 2 heteroatoms. The van der Waals surface area contributed by atoms with Gasteiger partial charge in [-0.25, -0.2) is 0 Å². The van der Waals surface area contributed by atoms with Crippen molar-refractivity contribution in [3.8, 4) is 22.3 Å². The van der Waals surface area contributed by atoms with Crippen molar-refractivity contribution in [1.29, 1.82) is 0 Å². The van der Waals surface area contributed by atoms with Crippen LogP contribution >= 0.6 is 0 Å². The summed E-state index contributed by atoms with van der Waals surface area (Å²) >= 11 is 0. The van der Waals surface area contributed by atoms with Crippen molar-refractivity contribution in [3.05, 3.63) is 163 Å². The van der Waals surface area contributed by atoms with Crippen LogP contribution in [0.5, 0.6) is 0 Å². The van der Waals surface area contributed by atoms with Crippen LogP contribution in [0.1, 0.15) is 25.0 Å². The summed E-state index contributed by atoms with van der Waals surface area (Å²) in [7, 11) is 0. The molecule has 0 bridgehead atoms. The van der Waals surface area contributed by atoms with Gasteiger partial charge in [0.1, 0.15) is 5.58 Å². The van der Waals surface area contributed by atoms with Gasteiger partial charge in [-0.05, 0) is 74.5 Å². The van der Waals surface area contributed by atoms with E-state index in [-0.39, 0.29) is 5.41 Å². The minimum atomic E-state index is -0.186. The van der Waals surface area contributed by atoms with Crippen molar-refractivity contribution >= 4 is 49.8 Å². The fourth-order valence-corrected chi connectivity index (χ4v) is 7.57. The van der Waals surface area contributed by atoms with Crippen molar-refractivity contribution in [2.45, 2.75) is 19.3 Å². The Hall–Kier alpha value is -5.60.